The molecule has 27 heavy (non-hydrogen) atoms. The summed E-state index contributed by atoms with van der Waals surface area (Å²) in [6, 6.07) is 1.36. The lowest BCUT2D eigenvalue weighted by Crippen LogP contribution is -2.52. The summed E-state index contributed by atoms with van der Waals surface area (Å²) in [5.74, 6) is 1.00. The standard InChI is InChI=1S/C18H30N2O5SSi/c1-11(2)27(12(3)4)24-10-13-15(23-5)18(7-9-26-18)16(25-13)20-8-6-14(21)19-17(20)22/h6,8,11-13,15-16,27H,7,9-10H2,1-5H3,(H,19,21,22)/t13-,15-,16-,18-/m1/s1. The van der Waals surface area contributed by atoms with Gasteiger partial charge in [-0.1, -0.05) is 27.7 Å². The zero-order chi connectivity index (χ0) is 19.8. The predicted octanol–water partition coefficient (Wildman–Crippen LogP) is 1.89. The van der Waals surface area contributed by atoms with E-state index in [1.54, 1.807) is 18.9 Å². The molecule has 3 rings (SSSR count). The van der Waals surface area contributed by atoms with Crippen LogP contribution in [0.4, 0.5) is 0 Å². The largest absolute Gasteiger partial charge is 0.417 e. The van der Waals surface area contributed by atoms with Crippen LogP contribution < -0.4 is 11.2 Å². The quantitative estimate of drug-likeness (QED) is 0.686. The van der Waals surface area contributed by atoms with E-state index in [0.717, 1.165) is 12.2 Å². The maximum atomic E-state index is 12.4. The third-order valence-electron chi connectivity index (χ3n) is 5.53. The number of nitrogens with zero attached hydrogens (tertiary/aromatic N) is 1. The van der Waals surface area contributed by atoms with Crippen molar-refractivity contribution in [3.05, 3.63) is 33.1 Å². The third-order valence-corrected chi connectivity index (χ3v) is 10.3. The summed E-state index contributed by atoms with van der Waals surface area (Å²) in [6.07, 6.45) is 1.55. The Morgan fingerprint density at radius 2 is 2.04 bits per heavy atom. The Balaban J connectivity index is 1.85. The van der Waals surface area contributed by atoms with Crippen molar-refractivity contribution in [2.24, 2.45) is 0 Å². The van der Waals surface area contributed by atoms with Crippen LogP contribution in [-0.4, -0.2) is 55.0 Å². The van der Waals surface area contributed by atoms with E-state index in [0.29, 0.717) is 17.7 Å². The Hall–Kier alpha value is -0.873. The monoisotopic (exact) mass is 414 g/mol. The minimum atomic E-state index is -1.38. The average molecular weight is 415 g/mol. The van der Waals surface area contributed by atoms with Crippen LogP contribution >= 0.6 is 11.8 Å². The van der Waals surface area contributed by atoms with Gasteiger partial charge in [-0.3, -0.25) is 14.3 Å². The summed E-state index contributed by atoms with van der Waals surface area (Å²) < 4.78 is 19.7. The second-order valence-corrected chi connectivity index (χ2v) is 13.4. The summed E-state index contributed by atoms with van der Waals surface area (Å²) in [6.45, 7) is 9.33. The first-order valence-corrected chi connectivity index (χ1v) is 12.3. The highest BCUT2D eigenvalue weighted by atomic mass is 32.2. The smallest absolute Gasteiger partial charge is 0.330 e. The van der Waals surface area contributed by atoms with Gasteiger partial charge < -0.3 is 13.9 Å². The minimum Gasteiger partial charge on any atom is -0.417 e. The predicted molar refractivity (Wildman–Crippen MR) is 109 cm³/mol. The molecule has 0 bridgehead atoms. The molecule has 0 amide bonds. The molecule has 152 valence electrons. The molecule has 2 saturated heterocycles. The van der Waals surface area contributed by atoms with Gasteiger partial charge in [-0.2, -0.15) is 0 Å². The fraction of sp³-hybridized carbons (Fsp3) is 0.778. The topological polar surface area (TPSA) is 82.6 Å². The number of hydrogen-bond acceptors (Lipinski definition) is 6. The van der Waals surface area contributed by atoms with Crippen molar-refractivity contribution in [2.45, 2.75) is 68.4 Å². The number of hydrogen-bond donors (Lipinski definition) is 1. The van der Waals surface area contributed by atoms with Gasteiger partial charge in [0, 0.05) is 19.4 Å². The molecule has 0 aromatic carbocycles. The van der Waals surface area contributed by atoms with Gasteiger partial charge in [-0.15, -0.1) is 11.8 Å². The van der Waals surface area contributed by atoms with Crippen LogP contribution in [0.15, 0.2) is 21.9 Å². The third kappa shape index (κ3) is 3.84. The van der Waals surface area contributed by atoms with E-state index in [1.165, 1.54) is 16.8 Å². The molecule has 1 aromatic rings. The van der Waals surface area contributed by atoms with Crippen LogP contribution in [0, 0.1) is 0 Å². The van der Waals surface area contributed by atoms with E-state index in [2.05, 4.69) is 32.7 Å². The van der Waals surface area contributed by atoms with Crippen molar-refractivity contribution in [3.8, 4) is 0 Å². The molecule has 0 unspecified atom stereocenters. The van der Waals surface area contributed by atoms with E-state index >= 15 is 0 Å². The average Bonchev–Trinajstić information content (AvgIpc) is 2.88. The highest BCUT2D eigenvalue weighted by Crippen LogP contribution is 2.57. The number of thioether (sulfide) groups is 1. The first kappa shape index (κ1) is 20.9. The van der Waals surface area contributed by atoms with Crippen molar-refractivity contribution < 1.29 is 13.9 Å². The van der Waals surface area contributed by atoms with Gasteiger partial charge in [-0.25, -0.2) is 4.79 Å². The van der Waals surface area contributed by atoms with Crippen LogP contribution in [-0.2, 0) is 13.9 Å². The van der Waals surface area contributed by atoms with Gasteiger partial charge in [0.25, 0.3) is 5.56 Å². The molecular weight excluding hydrogens is 384 g/mol. The summed E-state index contributed by atoms with van der Waals surface area (Å²) in [5, 5.41) is 0. The van der Waals surface area contributed by atoms with Crippen LogP contribution in [0.2, 0.25) is 11.1 Å². The second-order valence-electron chi connectivity index (χ2n) is 8.04. The Bertz CT molecular complexity index is 753. The molecule has 2 aliphatic heterocycles. The molecule has 0 saturated carbocycles. The van der Waals surface area contributed by atoms with Gasteiger partial charge >= 0.3 is 5.69 Å². The molecule has 9 heteroatoms. The fourth-order valence-corrected chi connectivity index (χ4v) is 8.44. The lowest BCUT2D eigenvalue weighted by molar-refractivity contribution is -0.0503. The maximum absolute atomic E-state index is 12.4. The lowest BCUT2D eigenvalue weighted by Gasteiger charge is -2.44. The second kappa shape index (κ2) is 8.24. The molecular formula is C18H30N2O5SSi. The summed E-state index contributed by atoms with van der Waals surface area (Å²) in [5.41, 5.74) is 0.219. The Morgan fingerprint density at radius 3 is 2.52 bits per heavy atom. The van der Waals surface area contributed by atoms with Crippen LogP contribution in [0.3, 0.4) is 0 Å². The number of ether oxygens (including phenoxy) is 2. The SMILES string of the molecule is CO[C@@H]1[C@@H](CO[SiH](C(C)C)C(C)C)O[C@@H](n2ccc(=O)[nH]c2=O)[C@@]12CCS2. The highest BCUT2D eigenvalue weighted by molar-refractivity contribution is 8.02. The van der Waals surface area contributed by atoms with Crippen molar-refractivity contribution in [3.63, 3.8) is 0 Å². The number of rotatable bonds is 7. The Kier molecular flexibility index (Phi) is 6.36. The number of methoxy groups -OCH3 is 1. The van der Waals surface area contributed by atoms with Crippen LogP contribution in [0.25, 0.3) is 0 Å². The minimum absolute atomic E-state index is 0.158. The fourth-order valence-electron chi connectivity index (χ4n) is 4.32. The van der Waals surface area contributed by atoms with Crippen LogP contribution in [0.1, 0.15) is 40.3 Å². The Labute approximate surface area is 165 Å². The zero-order valence-corrected chi connectivity index (χ0v) is 18.6. The molecule has 1 N–H and O–H groups in total. The van der Waals surface area contributed by atoms with Gasteiger partial charge in [-0.05, 0) is 23.3 Å². The molecule has 7 nitrogen and oxygen atoms in total. The van der Waals surface area contributed by atoms with E-state index < -0.39 is 26.5 Å². The molecule has 2 aliphatic rings. The van der Waals surface area contributed by atoms with Gasteiger partial charge in [0.15, 0.2) is 15.3 Å². The van der Waals surface area contributed by atoms with E-state index in [4.69, 9.17) is 13.9 Å². The van der Waals surface area contributed by atoms with E-state index in [9.17, 15) is 9.59 Å². The first-order chi connectivity index (χ1) is 12.8. The normalized spacial score (nSPS) is 30.6. The van der Waals surface area contributed by atoms with Gasteiger partial charge in [0.05, 0.1) is 11.4 Å². The lowest BCUT2D eigenvalue weighted by atomic mass is 9.94. The molecule has 0 radical (unpaired) electrons. The van der Waals surface area contributed by atoms with Gasteiger partial charge in [0.1, 0.15) is 12.2 Å². The van der Waals surface area contributed by atoms with Gasteiger partial charge in [0.2, 0.25) is 0 Å². The molecule has 2 fully saturated rings. The molecule has 1 spiro atoms. The summed E-state index contributed by atoms with van der Waals surface area (Å²) in [4.78, 5) is 26.1. The number of nitrogens with one attached hydrogen (secondary N) is 1. The highest BCUT2D eigenvalue weighted by Gasteiger charge is 2.62. The molecule has 3 heterocycles. The van der Waals surface area contributed by atoms with Crippen molar-refractivity contribution >= 4 is 20.8 Å². The zero-order valence-electron chi connectivity index (χ0n) is 16.6. The van der Waals surface area contributed by atoms with E-state index in [-0.39, 0.29) is 17.0 Å². The summed E-state index contributed by atoms with van der Waals surface area (Å²) in [7, 11) is 0.316. The van der Waals surface area contributed by atoms with Crippen molar-refractivity contribution in [1.82, 2.24) is 9.55 Å². The number of aromatic nitrogens is 2. The summed E-state index contributed by atoms with van der Waals surface area (Å²) >= 11 is 1.77. The van der Waals surface area contributed by atoms with Crippen molar-refractivity contribution in [2.75, 3.05) is 19.5 Å². The molecule has 0 aliphatic carbocycles. The molecule has 1 aromatic heterocycles. The number of H-pyrrole nitrogens is 1. The molecule has 4 atom stereocenters. The van der Waals surface area contributed by atoms with Crippen molar-refractivity contribution in [1.29, 1.82) is 0 Å². The number of aromatic amines is 1. The van der Waals surface area contributed by atoms with E-state index in [1.807, 2.05) is 0 Å². The first-order valence-electron chi connectivity index (χ1n) is 9.55. The van der Waals surface area contributed by atoms with Crippen LogP contribution in [0.5, 0.6) is 0 Å². The Morgan fingerprint density at radius 1 is 1.37 bits per heavy atom. The maximum Gasteiger partial charge on any atom is 0.330 e.